The van der Waals surface area contributed by atoms with Crippen LogP contribution in [0.1, 0.15) is 17.8 Å². The van der Waals surface area contributed by atoms with E-state index in [1.54, 1.807) is 18.3 Å². The fourth-order valence-electron chi connectivity index (χ4n) is 2.24. The van der Waals surface area contributed by atoms with Crippen LogP contribution in [-0.4, -0.2) is 20.7 Å². The Balaban J connectivity index is 1.44. The Morgan fingerprint density at radius 1 is 1.29 bits per heavy atom. The maximum atomic E-state index is 12.9. The highest BCUT2D eigenvalue weighted by Gasteiger charge is 2.07. The van der Waals surface area contributed by atoms with Gasteiger partial charge in [0, 0.05) is 36.3 Å². The number of thiazole rings is 1. The molecule has 0 saturated carbocycles. The Hall–Kier alpha value is -2.54. The highest BCUT2D eigenvalue weighted by atomic mass is 32.1. The first-order valence-electron chi connectivity index (χ1n) is 7.65. The minimum absolute atomic E-state index is 0.000637. The van der Waals surface area contributed by atoms with Crippen molar-refractivity contribution in [1.82, 2.24) is 20.1 Å². The van der Waals surface area contributed by atoms with Crippen LogP contribution in [0.15, 0.2) is 48.1 Å². The summed E-state index contributed by atoms with van der Waals surface area (Å²) in [4.78, 5) is 16.3. The molecule has 2 aromatic heterocycles. The van der Waals surface area contributed by atoms with E-state index in [9.17, 15) is 9.18 Å². The molecule has 0 radical (unpaired) electrons. The topological polar surface area (TPSA) is 59.8 Å². The third-order valence-electron chi connectivity index (χ3n) is 3.48. The van der Waals surface area contributed by atoms with Gasteiger partial charge >= 0.3 is 0 Å². The van der Waals surface area contributed by atoms with Crippen molar-refractivity contribution in [3.63, 3.8) is 0 Å². The average Bonchev–Trinajstić information content (AvgIpc) is 3.25. The van der Waals surface area contributed by atoms with Gasteiger partial charge in [0.2, 0.25) is 5.91 Å². The van der Waals surface area contributed by atoms with Gasteiger partial charge in [0.1, 0.15) is 10.8 Å². The van der Waals surface area contributed by atoms with Gasteiger partial charge in [0.25, 0.3) is 0 Å². The van der Waals surface area contributed by atoms with Crippen LogP contribution in [-0.2, 0) is 17.9 Å². The lowest BCUT2D eigenvalue weighted by Gasteiger charge is -2.03. The number of carbonyl (C=O) groups excluding carboxylic acids is 1. The van der Waals surface area contributed by atoms with Crippen molar-refractivity contribution in [3.05, 3.63) is 58.9 Å². The molecule has 0 aliphatic heterocycles. The highest BCUT2D eigenvalue weighted by Crippen LogP contribution is 2.22. The number of hydrogen-bond acceptors (Lipinski definition) is 4. The van der Waals surface area contributed by atoms with Crippen LogP contribution in [0.3, 0.4) is 0 Å². The van der Waals surface area contributed by atoms with Gasteiger partial charge in [-0.3, -0.25) is 9.48 Å². The molecule has 0 atom stereocenters. The molecule has 2 heterocycles. The number of amides is 1. The number of halogens is 1. The van der Waals surface area contributed by atoms with E-state index < -0.39 is 0 Å². The lowest BCUT2D eigenvalue weighted by molar-refractivity contribution is -0.121. The minimum Gasteiger partial charge on any atom is -0.350 e. The lowest BCUT2D eigenvalue weighted by atomic mass is 10.2. The summed E-state index contributed by atoms with van der Waals surface area (Å²) in [5.41, 5.74) is 1.66. The first kappa shape index (κ1) is 16.3. The number of benzene rings is 1. The zero-order valence-electron chi connectivity index (χ0n) is 13.0. The molecule has 0 unspecified atom stereocenters. The summed E-state index contributed by atoms with van der Waals surface area (Å²) in [6.07, 6.45) is 4.80. The lowest BCUT2D eigenvalue weighted by Crippen LogP contribution is -2.22. The van der Waals surface area contributed by atoms with Crippen molar-refractivity contribution in [2.24, 2.45) is 0 Å². The molecule has 0 saturated heterocycles. The van der Waals surface area contributed by atoms with E-state index in [1.165, 1.54) is 23.5 Å². The quantitative estimate of drug-likeness (QED) is 0.716. The first-order chi connectivity index (χ1) is 11.7. The summed E-state index contributed by atoms with van der Waals surface area (Å²) < 4.78 is 14.7. The van der Waals surface area contributed by atoms with Crippen molar-refractivity contribution in [1.29, 1.82) is 0 Å². The molecular formula is C17H17FN4OS. The zero-order valence-corrected chi connectivity index (χ0v) is 13.8. The van der Waals surface area contributed by atoms with Crippen LogP contribution in [0.2, 0.25) is 0 Å². The van der Waals surface area contributed by atoms with Crippen LogP contribution >= 0.6 is 11.3 Å². The fourth-order valence-corrected chi connectivity index (χ4v) is 2.99. The summed E-state index contributed by atoms with van der Waals surface area (Å²) in [5, 5.41) is 9.71. The molecule has 0 spiro atoms. The number of rotatable bonds is 7. The molecular weight excluding hydrogens is 327 g/mol. The second-order valence-corrected chi connectivity index (χ2v) is 6.23. The first-order valence-corrected chi connectivity index (χ1v) is 8.53. The van der Waals surface area contributed by atoms with Gasteiger partial charge in [-0.1, -0.05) is 0 Å². The minimum atomic E-state index is -0.267. The molecule has 0 aliphatic rings. The third-order valence-corrected chi connectivity index (χ3v) is 4.33. The van der Waals surface area contributed by atoms with E-state index in [2.05, 4.69) is 15.4 Å². The smallest absolute Gasteiger partial charge is 0.220 e. The number of aryl methyl sites for hydroxylation is 1. The summed E-state index contributed by atoms with van der Waals surface area (Å²) in [7, 11) is 0. The Labute approximate surface area is 143 Å². The monoisotopic (exact) mass is 344 g/mol. The van der Waals surface area contributed by atoms with Gasteiger partial charge in [-0.05, 0) is 36.8 Å². The molecule has 3 rings (SSSR count). The van der Waals surface area contributed by atoms with E-state index in [-0.39, 0.29) is 11.7 Å². The van der Waals surface area contributed by atoms with E-state index in [4.69, 9.17) is 0 Å². The summed E-state index contributed by atoms with van der Waals surface area (Å²) in [6, 6.07) is 8.08. The Morgan fingerprint density at radius 3 is 2.88 bits per heavy atom. The van der Waals surface area contributed by atoms with Gasteiger partial charge in [0.05, 0.1) is 12.2 Å². The highest BCUT2D eigenvalue weighted by molar-refractivity contribution is 7.09. The third kappa shape index (κ3) is 4.48. The molecule has 0 fully saturated rings. The van der Waals surface area contributed by atoms with Crippen LogP contribution in [0, 0.1) is 5.82 Å². The van der Waals surface area contributed by atoms with Crippen molar-refractivity contribution in [2.45, 2.75) is 25.9 Å². The largest absolute Gasteiger partial charge is 0.350 e. The fraction of sp³-hybridized carbons (Fsp3) is 0.235. The number of carbonyl (C=O) groups is 1. The molecule has 24 heavy (non-hydrogen) atoms. The van der Waals surface area contributed by atoms with E-state index >= 15 is 0 Å². The second-order valence-electron chi connectivity index (χ2n) is 5.28. The number of nitrogens with one attached hydrogen (secondary N) is 1. The van der Waals surface area contributed by atoms with Crippen molar-refractivity contribution in [2.75, 3.05) is 0 Å². The van der Waals surface area contributed by atoms with Gasteiger partial charge in [0.15, 0.2) is 0 Å². The van der Waals surface area contributed by atoms with Crippen molar-refractivity contribution in [3.8, 4) is 11.3 Å². The van der Waals surface area contributed by atoms with Crippen LogP contribution < -0.4 is 5.32 Å². The maximum absolute atomic E-state index is 12.9. The van der Waals surface area contributed by atoms with Crippen LogP contribution in [0.4, 0.5) is 4.39 Å². The molecule has 1 amide bonds. The van der Waals surface area contributed by atoms with Crippen LogP contribution in [0.5, 0.6) is 0 Å². The molecule has 0 aliphatic carbocycles. The van der Waals surface area contributed by atoms with E-state index in [0.717, 1.165) is 29.2 Å². The Bertz CT molecular complexity index is 783. The van der Waals surface area contributed by atoms with Gasteiger partial charge in [-0.2, -0.15) is 5.10 Å². The molecule has 3 aromatic rings. The molecule has 1 N–H and O–H groups in total. The summed E-state index contributed by atoms with van der Waals surface area (Å²) in [5.74, 6) is -0.266. The normalized spacial score (nSPS) is 10.7. The number of aromatic nitrogens is 3. The van der Waals surface area contributed by atoms with Gasteiger partial charge < -0.3 is 5.32 Å². The zero-order chi connectivity index (χ0) is 16.8. The molecule has 124 valence electrons. The second kappa shape index (κ2) is 7.83. The molecule has 0 bridgehead atoms. The van der Waals surface area contributed by atoms with Gasteiger partial charge in [-0.25, -0.2) is 9.37 Å². The molecule has 5 nitrogen and oxygen atoms in total. The molecule has 1 aromatic carbocycles. The van der Waals surface area contributed by atoms with Crippen LogP contribution in [0.25, 0.3) is 11.3 Å². The summed E-state index contributed by atoms with van der Waals surface area (Å²) in [6.45, 7) is 1.14. The number of nitrogens with zero attached hydrogens (tertiary/aromatic N) is 3. The summed E-state index contributed by atoms with van der Waals surface area (Å²) >= 11 is 1.48. The maximum Gasteiger partial charge on any atom is 0.220 e. The van der Waals surface area contributed by atoms with Crippen molar-refractivity contribution >= 4 is 17.2 Å². The predicted molar refractivity (Wildman–Crippen MR) is 90.8 cm³/mol. The standard InChI is InChI=1S/C17H17FN4OS/c18-14-6-4-13(5-7-14)15-12-24-17(21-15)11-19-16(23)3-1-9-22-10-2-8-20-22/h2,4-8,10,12H,1,3,9,11H2,(H,19,23). The Morgan fingerprint density at radius 2 is 2.12 bits per heavy atom. The van der Waals surface area contributed by atoms with Crippen molar-refractivity contribution < 1.29 is 9.18 Å². The molecule has 7 heteroatoms. The SMILES string of the molecule is O=C(CCCn1cccn1)NCc1nc(-c2ccc(F)cc2)cs1. The average molecular weight is 344 g/mol. The predicted octanol–water partition coefficient (Wildman–Crippen LogP) is 3.24. The van der Waals surface area contributed by atoms with Gasteiger partial charge in [-0.15, -0.1) is 11.3 Å². The Kier molecular flexibility index (Phi) is 5.32. The van der Waals surface area contributed by atoms with E-state index in [0.29, 0.717) is 13.0 Å². The van der Waals surface area contributed by atoms with E-state index in [1.807, 2.05) is 22.3 Å². The number of hydrogen-bond donors (Lipinski definition) is 1.